The molecule has 1 aromatic heterocycles. The summed E-state index contributed by atoms with van der Waals surface area (Å²) in [5, 5.41) is 4.24. The van der Waals surface area contributed by atoms with Crippen LogP contribution in [0, 0.1) is 0 Å². The molecule has 0 saturated carbocycles. The predicted molar refractivity (Wildman–Crippen MR) is 56.8 cm³/mol. The van der Waals surface area contributed by atoms with Crippen molar-refractivity contribution in [2.45, 2.75) is 32.9 Å². The Kier molecular flexibility index (Phi) is 2.72. The second-order valence-corrected chi connectivity index (χ2v) is 3.86. The summed E-state index contributed by atoms with van der Waals surface area (Å²) in [6, 6.07) is 1.99. The van der Waals surface area contributed by atoms with Crippen molar-refractivity contribution in [3.8, 4) is 0 Å². The van der Waals surface area contributed by atoms with E-state index in [4.69, 9.17) is 5.73 Å². The van der Waals surface area contributed by atoms with Crippen LogP contribution in [0.15, 0.2) is 6.07 Å². The van der Waals surface area contributed by atoms with Crippen molar-refractivity contribution < 1.29 is 0 Å². The van der Waals surface area contributed by atoms with Gasteiger partial charge in [-0.1, -0.05) is 0 Å². The molecule has 1 aliphatic heterocycles. The van der Waals surface area contributed by atoms with E-state index in [0.29, 0.717) is 5.82 Å². The van der Waals surface area contributed by atoms with Crippen LogP contribution in [0.2, 0.25) is 0 Å². The molecular formula is C10H18N4. The fourth-order valence-electron chi connectivity index (χ4n) is 2.05. The van der Waals surface area contributed by atoms with Gasteiger partial charge in [0.05, 0.1) is 5.69 Å². The van der Waals surface area contributed by atoms with Gasteiger partial charge in [0.15, 0.2) is 0 Å². The molecule has 4 heteroatoms. The number of rotatable bonds is 3. The standard InChI is InChI=1S/C10H18N4/c1-2-14-9(7-10(11)12-14)8-13-5-3-4-6-13/h7H,2-6,8H2,1H3,(H2,11,12). The van der Waals surface area contributed by atoms with E-state index in [9.17, 15) is 0 Å². The van der Waals surface area contributed by atoms with Crippen molar-refractivity contribution in [3.05, 3.63) is 11.8 Å². The molecule has 2 heterocycles. The fraction of sp³-hybridized carbons (Fsp3) is 0.700. The summed E-state index contributed by atoms with van der Waals surface area (Å²) in [7, 11) is 0. The summed E-state index contributed by atoms with van der Waals surface area (Å²) in [6.07, 6.45) is 2.66. The summed E-state index contributed by atoms with van der Waals surface area (Å²) >= 11 is 0. The van der Waals surface area contributed by atoms with Crippen molar-refractivity contribution in [1.29, 1.82) is 0 Å². The van der Waals surface area contributed by atoms with Gasteiger partial charge in [0, 0.05) is 19.2 Å². The van der Waals surface area contributed by atoms with Crippen LogP contribution in [-0.4, -0.2) is 27.8 Å². The van der Waals surface area contributed by atoms with E-state index in [1.165, 1.54) is 31.6 Å². The maximum absolute atomic E-state index is 5.68. The Morgan fingerprint density at radius 1 is 1.43 bits per heavy atom. The number of nitrogens with zero attached hydrogens (tertiary/aromatic N) is 3. The van der Waals surface area contributed by atoms with Gasteiger partial charge in [-0.05, 0) is 32.9 Å². The molecule has 0 atom stereocenters. The van der Waals surface area contributed by atoms with Gasteiger partial charge < -0.3 is 5.73 Å². The number of nitrogen functional groups attached to an aromatic ring is 1. The molecule has 0 aromatic carbocycles. The Balaban J connectivity index is 2.06. The number of hydrogen-bond donors (Lipinski definition) is 1. The van der Waals surface area contributed by atoms with Crippen LogP contribution < -0.4 is 5.73 Å². The van der Waals surface area contributed by atoms with Gasteiger partial charge in [-0.25, -0.2) is 0 Å². The molecule has 14 heavy (non-hydrogen) atoms. The van der Waals surface area contributed by atoms with Crippen LogP contribution in [0.5, 0.6) is 0 Å². The van der Waals surface area contributed by atoms with Crippen molar-refractivity contribution in [2.24, 2.45) is 0 Å². The van der Waals surface area contributed by atoms with Crippen molar-refractivity contribution in [3.63, 3.8) is 0 Å². The minimum Gasteiger partial charge on any atom is -0.382 e. The number of anilines is 1. The van der Waals surface area contributed by atoms with E-state index in [0.717, 1.165) is 13.1 Å². The lowest BCUT2D eigenvalue weighted by Gasteiger charge is -2.14. The summed E-state index contributed by atoms with van der Waals surface area (Å²) in [6.45, 7) is 6.43. The Morgan fingerprint density at radius 3 is 2.79 bits per heavy atom. The molecule has 2 rings (SSSR count). The third kappa shape index (κ3) is 1.90. The van der Waals surface area contributed by atoms with Crippen LogP contribution in [0.1, 0.15) is 25.5 Å². The molecule has 1 fully saturated rings. The summed E-state index contributed by atoms with van der Waals surface area (Å²) in [5.74, 6) is 0.640. The zero-order valence-electron chi connectivity index (χ0n) is 8.74. The second-order valence-electron chi connectivity index (χ2n) is 3.86. The SMILES string of the molecule is CCn1nc(N)cc1CN1CCCC1. The minimum absolute atomic E-state index is 0.640. The Bertz CT molecular complexity index is 299. The molecule has 4 nitrogen and oxygen atoms in total. The predicted octanol–water partition coefficient (Wildman–Crippen LogP) is 1.08. The molecular weight excluding hydrogens is 176 g/mol. The fourth-order valence-corrected chi connectivity index (χ4v) is 2.05. The highest BCUT2D eigenvalue weighted by Crippen LogP contribution is 2.14. The second kappa shape index (κ2) is 4.00. The van der Waals surface area contributed by atoms with Gasteiger partial charge in [-0.15, -0.1) is 0 Å². The first-order valence-electron chi connectivity index (χ1n) is 5.34. The van der Waals surface area contributed by atoms with Crippen molar-refractivity contribution in [2.75, 3.05) is 18.8 Å². The molecule has 1 aromatic rings. The van der Waals surface area contributed by atoms with Crippen LogP contribution >= 0.6 is 0 Å². The van der Waals surface area contributed by atoms with Crippen molar-refractivity contribution >= 4 is 5.82 Å². The Morgan fingerprint density at radius 2 is 2.14 bits per heavy atom. The maximum Gasteiger partial charge on any atom is 0.145 e. The quantitative estimate of drug-likeness (QED) is 0.783. The zero-order valence-corrected chi connectivity index (χ0v) is 8.74. The third-order valence-electron chi connectivity index (χ3n) is 2.77. The third-order valence-corrected chi connectivity index (χ3v) is 2.77. The first-order valence-corrected chi connectivity index (χ1v) is 5.34. The minimum atomic E-state index is 0.640. The molecule has 78 valence electrons. The highest BCUT2D eigenvalue weighted by atomic mass is 15.3. The highest BCUT2D eigenvalue weighted by Gasteiger charge is 2.14. The number of likely N-dealkylation sites (tertiary alicyclic amines) is 1. The molecule has 0 spiro atoms. The molecule has 2 N–H and O–H groups in total. The summed E-state index contributed by atoms with van der Waals surface area (Å²) < 4.78 is 1.99. The van der Waals surface area contributed by atoms with Gasteiger partial charge in [-0.3, -0.25) is 9.58 Å². The van der Waals surface area contributed by atoms with E-state index in [1.54, 1.807) is 0 Å². The van der Waals surface area contributed by atoms with E-state index in [-0.39, 0.29) is 0 Å². The normalized spacial score (nSPS) is 17.8. The Labute approximate surface area is 84.7 Å². The molecule has 0 radical (unpaired) electrons. The lowest BCUT2D eigenvalue weighted by molar-refractivity contribution is 0.319. The Hall–Kier alpha value is -1.03. The van der Waals surface area contributed by atoms with Gasteiger partial charge in [0.2, 0.25) is 0 Å². The van der Waals surface area contributed by atoms with E-state index >= 15 is 0 Å². The first kappa shape index (κ1) is 9.52. The smallest absolute Gasteiger partial charge is 0.145 e. The zero-order chi connectivity index (χ0) is 9.97. The average Bonchev–Trinajstić information content (AvgIpc) is 2.76. The molecule has 0 amide bonds. The van der Waals surface area contributed by atoms with Gasteiger partial charge >= 0.3 is 0 Å². The number of nitrogens with two attached hydrogens (primary N) is 1. The average molecular weight is 194 g/mol. The van der Waals surface area contributed by atoms with Crippen LogP contribution in [-0.2, 0) is 13.1 Å². The lowest BCUT2D eigenvalue weighted by Crippen LogP contribution is -2.20. The molecule has 0 unspecified atom stereocenters. The van der Waals surface area contributed by atoms with Crippen LogP contribution in [0.4, 0.5) is 5.82 Å². The molecule has 0 aliphatic carbocycles. The monoisotopic (exact) mass is 194 g/mol. The van der Waals surface area contributed by atoms with E-state index in [1.807, 2.05) is 10.7 Å². The molecule has 0 bridgehead atoms. The number of aryl methyl sites for hydroxylation is 1. The highest BCUT2D eigenvalue weighted by molar-refractivity contribution is 5.29. The van der Waals surface area contributed by atoms with E-state index < -0.39 is 0 Å². The lowest BCUT2D eigenvalue weighted by atomic mass is 10.4. The van der Waals surface area contributed by atoms with Gasteiger partial charge in [0.1, 0.15) is 5.82 Å². The van der Waals surface area contributed by atoms with Crippen molar-refractivity contribution in [1.82, 2.24) is 14.7 Å². The van der Waals surface area contributed by atoms with Crippen LogP contribution in [0.25, 0.3) is 0 Å². The van der Waals surface area contributed by atoms with Gasteiger partial charge in [-0.2, -0.15) is 5.10 Å². The largest absolute Gasteiger partial charge is 0.382 e. The number of aromatic nitrogens is 2. The molecule has 1 saturated heterocycles. The first-order chi connectivity index (χ1) is 6.79. The van der Waals surface area contributed by atoms with Gasteiger partial charge in [0.25, 0.3) is 0 Å². The summed E-state index contributed by atoms with van der Waals surface area (Å²) in [5.41, 5.74) is 6.92. The summed E-state index contributed by atoms with van der Waals surface area (Å²) in [4.78, 5) is 2.46. The topological polar surface area (TPSA) is 47.1 Å². The maximum atomic E-state index is 5.68. The molecule has 1 aliphatic rings. The van der Waals surface area contributed by atoms with E-state index in [2.05, 4.69) is 16.9 Å². The van der Waals surface area contributed by atoms with Crippen LogP contribution in [0.3, 0.4) is 0 Å². The number of hydrogen-bond acceptors (Lipinski definition) is 3.